The number of ether oxygens (including phenoxy) is 2. The fourth-order valence-electron chi connectivity index (χ4n) is 4.04. The van der Waals surface area contributed by atoms with E-state index in [2.05, 4.69) is 48.4 Å². The minimum absolute atomic E-state index is 0.0303. The van der Waals surface area contributed by atoms with E-state index < -0.39 is 0 Å². The normalized spacial score (nSPS) is 22.4. The highest BCUT2D eigenvalue weighted by molar-refractivity contribution is 5.80. The zero-order valence-electron chi connectivity index (χ0n) is 18.3. The van der Waals surface area contributed by atoms with Crippen LogP contribution >= 0.6 is 0 Å². The summed E-state index contributed by atoms with van der Waals surface area (Å²) >= 11 is 0. The third kappa shape index (κ3) is 7.52. The molecule has 6 heteroatoms. The maximum absolute atomic E-state index is 6.01. The van der Waals surface area contributed by atoms with Gasteiger partial charge in [0.05, 0.1) is 13.2 Å². The van der Waals surface area contributed by atoms with Crippen molar-refractivity contribution in [2.45, 2.75) is 52.2 Å². The molecule has 1 aromatic carbocycles. The van der Waals surface area contributed by atoms with Crippen LogP contribution < -0.4 is 15.4 Å². The largest absolute Gasteiger partial charge is 0.489 e. The molecule has 162 valence electrons. The lowest BCUT2D eigenvalue weighted by molar-refractivity contribution is 0.150. The minimum Gasteiger partial charge on any atom is -0.489 e. The zero-order valence-corrected chi connectivity index (χ0v) is 18.3. The first-order valence-electron chi connectivity index (χ1n) is 11.2. The molecule has 2 heterocycles. The van der Waals surface area contributed by atoms with Crippen molar-refractivity contribution in [3.8, 4) is 5.75 Å². The van der Waals surface area contributed by atoms with Crippen LogP contribution in [0.2, 0.25) is 0 Å². The summed E-state index contributed by atoms with van der Waals surface area (Å²) in [6.45, 7) is 13.1. The fraction of sp³-hybridized carbons (Fsp3) is 0.696. The topological polar surface area (TPSA) is 58.1 Å². The van der Waals surface area contributed by atoms with E-state index in [-0.39, 0.29) is 6.10 Å². The summed E-state index contributed by atoms with van der Waals surface area (Å²) in [4.78, 5) is 7.36. The molecule has 2 N–H and O–H groups in total. The first-order valence-corrected chi connectivity index (χ1v) is 11.2. The van der Waals surface area contributed by atoms with Gasteiger partial charge in [-0.15, -0.1) is 0 Å². The Morgan fingerprint density at radius 3 is 2.83 bits per heavy atom. The van der Waals surface area contributed by atoms with E-state index in [0.29, 0.717) is 12.6 Å². The van der Waals surface area contributed by atoms with Crippen LogP contribution in [-0.2, 0) is 4.74 Å². The van der Waals surface area contributed by atoms with Gasteiger partial charge in [0.1, 0.15) is 11.9 Å². The van der Waals surface area contributed by atoms with Crippen LogP contribution in [0.1, 0.15) is 38.7 Å². The van der Waals surface area contributed by atoms with Crippen molar-refractivity contribution in [3.05, 3.63) is 29.8 Å². The number of piperidine rings is 1. The monoisotopic (exact) mass is 402 g/mol. The highest BCUT2D eigenvalue weighted by atomic mass is 16.5. The molecule has 0 saturated carbocycles. The average Bonchev–Trinajstić information content (AvgIpc) is 3.21. The van der Waals surface area contributed by atoms with Gasteiger partial charge in [0.25, 0.3) is 0 Å². The van der Waals surface area contributed by atoms with Crippen molar-refractivity contribution in [2.24, 2.45) is 10.9 Å². The molecule has 2 unspecified atom stereocenters. The Morgan fingerprint density at radius 2 is 2.14 bits per heavy atom. The van der Waals surface area contributed by atoms with Gasteiger partial charge >= 0.3 is 0 Å². The first-order chi connectivity index (χ1) is 14.1. The molecular weight excluding hydrogens is 364 g/mol. The fourth-order valence-corrected chi connectivity index (χ4v) is 4.04. The molecule has 2 saturated heterocycles. The second-order valence-electron chi connectivity index (χ2n) is 8.41. The van der Waals surface area contributed by atoms with Crippen molar-refractivity contribution in [2.75, 3.05) is 45.9 Å². The van der Waals surface area contributed by atoms with Crippen LogP contribution in [0.4, 0.5) is 0 Å². The molecule has 0 bridgehead atoms. The maximum Gasteiger partial charge on any atom is 0.191 e. The van der Waals surface area contributed by atoms with Gasteiger partial charge in [-0.25, -0.2) is 4.99 Å². The maximum atomic E-state index is 6.01. The Hall–Kier alpha value is -1.79. The Labute approximate surface area is 176 Å². The second kappa shape index (κ2) is 11.4. The predicted molar refractivity (Wildman–Crippen MR) is 119 cm³/mol. The SMILES string of the molecule is CCNC(=NCC(C)Oc1cccc(C)c1)NC1CCN(CC2CCOC2)CC1. The zero-order chi connectivity index (χ0) is 20.5. The van der Waals surface area contributed by atoms with Gasteiger partial charge in [-0.1, -0.05) is 12.1 Å². The number of nitrogens with one attached hydrogen (secondary N) is 2. The Bertz CT molecular complexity index is 638. The van der Waals surface area contributed by atoms with Crippen LogP contribution in [0.15, 0.2) is 29.3 Å². The number of aryl methyl sites for hydroxylation is 1. The number of rotatable bonds is 8. The molecule has 0 radical (unpaired) electrons. The van der Waals surface area contributed by atoms with Crippen LogP contribution in [0, 0.1) is 12.8 Å². The third-order valence-electron chi connectivity index (χ3n) is 5.65. The molecule has 2 aliphatic heterocycles. The molecule has 2 fully saturated rings. The van der Waals surface area contributed by atoms with Gasteiger partial charge in [-0.2, -0.15) is 0 Å². The van der Waals surface area contributed by atoms with Crippen molar-refractivity contribution < 1.29 is 9.47 Å². The van der Waals surface area contributed by atoms with Crippen LogP contribution in [0.25, 0.3) is 0 Å². The molecule has 0 amide bonds. The van der Waals surface area contributed by atoms with Crippen molar-refractivity contribution in [1.82, 2.24) is 15.5 Å². The van der Waals surface area contributed by atoms with E-state index in [0.717, 1.165) is 63.3 Å². The van der Waals surface area contributed by atoms with Gasteiger partial charge in [0, 0.05) is 38.8 Å². The highest BCUT2D eigenvalue weighted by Gasteiger charge is 2.24. The lowest BCUT2D eigenvalue weighted by Crippen LogP contribution is -2.49. The number of hydrogen-bond donors (Lipinski definition) is 2. The quantitative estimate of drug-likeness (QED) is 0.517. The van der Waals surface area contributed by atoms with E-state index in [1.165, 1.54) is 18.5 Å². The minimum atomic E-state index is 0.0303. The van der Waals surface area contributed by atoms with Crippen molar-refractivity contribution in [3.63, 3.8) is 0 Å². The summed E-state index contributed by atoms with van der Waals surface area (Å²) in [5, 5.41) is 7.01. The highest BCUT2D eigenvalue weighted by Crippen LogP contribution is 2.18. The molecule has 0 aliphatic carbocycles. The molecule has 29 heavy (non-hydrogen) atoms. The lowest BCUT2D eigenvalue weighted by atomic mass is 10.0. The summed E-state index contributed by atoms with van der Waals surface area (Å²) in [5.41, 5.74) is 1.21. The van der Waals surface area contributed by atoms with Crippen LogP contribution in [0.5, 0.6) is 5.75 Å². The molecule has 6 nitrogen and oxygen atoms in total. The van der Waals surface area contributed by atoms with E-state index in [9.17, 15) is 0 Å². The first kappa shape index (κ1) is 21.9. The molecular formula is C23H38N4O2. The molecule has 2 atom stereocenters. The van der Waals surface area contributed by atoms with Crippen LogP contribution in [0.3, 0.4) is 0 Å². The summed E-state index contributed by atoms with van der Waals surface area (Å²) in [6, 6.07) is 8.66. The van der Waals surface area contributed by atoms with Gasteiger partial charge in [0.15, 0.2) is 5.96 Å². The van der Waals surface area contributed by atoms with Gasteiger partial charge in [0.2, 0.25) is 0 Å². The third-order valence-corrected chi connectivity index (χ3v) is 5.65. The second-order valence-corrected chi connectivity index (χ2v) is 8.41. The predicted octanol–water partition coefficient (Wildman–Crippen LogP) is 2.82. The van der Waals surface area contributed by atoms with Gasteiger partial charge in [-0.3, -0.25) is 0 Å². The van der Waals surface area contributed by atoms with Crippen molar-refractivity contribution >= 4 is 5.96 Å². The number of hydrogen-bond acceptors (Lipinski definition) is 4. The molecule has 0 spiro atoms. The average molecular weight is 403 g/mol. The van der Waals surface area contributed by atoms with E-state index in [1.807, 2.05) is 12.1 Å². The van der Waals surface area contributed by atoms with E-state index in [4.69, 9.17) is 14.5 Å². The summed E-state index contributed by atoms with van der Waals surface area (Å²) in [5.74, 6) is 2.54. The van der Waals surface area contributed by atoms with Crippen LogP contribution in [-0.4, -0.2) is 68.9 Å². The van der Waals surface area contributed by atoms with Gasteiger partial charge < -0.3 is 25.0 Å². The number of aliphatic imine (C=N–C) groups is 1. The number of nitrogens with zero attached hydrogens (tertiary/aromatic N) is 2. The number of guanidine groups is 1. The number of benzene rings is 1. The molecule has 2 aliphatic rings. The lowest BCUT2D eigenvalue weighted by Gasteiger charge is -2.34. The Balaban J connectivity index is 1.43. The molecule has 3 rings (SSSR count). The summed E-state index contributed by atoms with van der Waals surface area (Å²) in [6.07, 6.45) is 3.57. The van der Waals surface area contributed by atoms with Crippen molar-refractivity contribution in [1.29, 1.82) is 0 Å². The molecule has 0 aromatic heterocycles. The Morgan fingerprint density at radius 1 is 1.31 bits per heavy atom. The van der Waals surface area contributed by atoms with E-state index >= 15 is 0 Å². The standard InChI is InChI=1S/C23H38N4O2/c1-4-24-23(25-15-19(3)29-22-7-5-6-18(2)14-22)26-21-8-11-27(12-9-21)16-20-10-13-28-17-20/h5-7,14,19-21H,4,8-13,15-17H2,1-3H3,(H2,24,25,26). The van der Waals surface area contributed by atoms with Gasteiger partial charge in [-0.05, 0) is 63.6 Å². The van der Waals surface area contributed by atoms with E-state index in [1.54, 1.807) is 0 Å². The summed E-state index contributed by atoms with van der Waals surface area (Å²) < 4.78 is 11.5. The summed E-state index contributed by atoms with van der Waals surface area (Å²) in [7, 11) is 0. The number of likely N-dealkylation sites (tertiary alicyclic amines) is 1. The Kier molecular flexibility index (Phi) is 8.62. The smallest absolute Gasteiger partial charge is 0.191 e. The molecule has 1 aromatic rings.